The summed E-state index contributed by atoms with van der Waals surface area (Å²) in [6.45, 7) is 8.04. The average molecular weight is 337 g/mol. The van der Waals surface area contributed by atoms with Gasteiger partial charge in [0.2, 0.25) is 5.91 Å². The van der Waals surface area contributed by atoms with Gasteiger partial charge in [-0.1, -0.05) is 37.3 Å². The van der Waals surface area contributed by atoms with Crippen LogP contribution < -0.4 is 9.97 Å². The van der Waals surface area contributed by atoms with Crippen molar-refractivity contribution in [2.75, 3.05) is 0 Å². The maximum Gasteiger partial charge on any atom is 0.547 e. The number of carbonyl (C=O) groups is 1. The van der Waals surface area contributed by atoms with E-state index in [4.69, 9.17) is 4.65 Å². The van der Waals surface area contributed by atoms with Crippen LogP contribution in [0.1, 0.15) is 35.6 Å². The number of carbonyl (C=O) groups excluding carboxylic acids is 1. The maximum absolute atomic E-state index is 11.6. The smallest absolute Gasteiger partial charge is 0.534 e. The summed E-state index contributed by atoms with van der Waals surface area (Å²) in [5.74, 6) is 0.235. The van der Waals surface area contributed by atoms with Gasteiger partial charge in [0, 0.05) is 6.42 Å². The van der Waals surface area contributed by atoms with Crippen LogP contribution in [0.2, 0.25) is 0 Å². The molecule has 3 rings (SSSR count). The molecule has 1 amide bonds. The minimum absolute atomic E-state index is 0.0835. The highest BCUT2D eigenvalue weighted by Gasteiger charge is 2.36. The Kier molecular flexibility index (Phi) is 4.86. The molecule has 2 N–H and O–H groups in total. The van der Waals surface area contributed by atoms with Crippen molar-refractivity contribution >= 4 is 13.0 Å². The number of hydrogen-bond donors (Lipinski definition) is 2. The molecule has 130 valence electrons. The van der Waals surface area contributed by atoms with Gasteiger partial charge < -0.3 is 15.0 Å². The second-order valence-corrected chi connectivity index (χ2v) is 6.71. The Morgan fingerprint density at radius 1 is 1.20 bits per heavy atom. The zero-order valence-electron chi connectivity index (χ0n) is 15.2. The van der Waals surface area contributed by atoms with Gasteiger partial charge in [0.25, 0.3) is 0 Å². The molecule has 1 aliphatic rings. The van der Waals surface area contributed by atoms with Gasteiger partial charge in [0.05, 0.1) is 5.94 Å². The van der Waals surface area contributed by atoms with Crippen molar-refractivity contribution in [2.24, 2.45) is 0 Å². The topological polar surface area (TPSA) is 58.6 Å². The highest BCUT2D eigenvalue weighted by molar-refractivity contribution is 6.46. The molecule has 0 saturated heterocycles. The van der Waals surface area contributed by atoms with E-state index >= 15 is 0 Å². The van der Waals surface area contributed by atoms with Crippen LogP contribution in [0.15, 0.2) is 30.3 Å². The van der Waals surface area contributed by atoms with Crippen LogP contribution in [-0.2, 0) is 11.2 Å². The molecule has 0 spiro atoms. The molecule has 2 aromatic rings. The fraction of sp³-hybridized carbons (Fsp3) is 0.350. The quantitative estimate of drug-likeness (QED) is 0.846. The van der Waals surface area contributed by atoms with E-state index in [9.17, 15) is 9.82 Å². The number of amides is 1. The minimum Gasteiger partial charge on any atom is -0.534 e. The van der Waals surface area contributed by atoms with Crippen LogP contribution in [0.3, 0.4) is 0 Å². The molecule has 0 radical (unpaired) electrons. The summed E-state index contributed by atoms with van der Waals surface area (Å²) >= 11 is 0. The highest BCUT2D eigenvalue weighted by Crippen LogP contribution is 2.37. The molecule has 4 nitrogen and oxygen atoms in total. The van der Waals surface area contributed by atoms with Crippen LogP contribution in [0.25, 0.3) is 11.1 Å². The third-order valence-electron chi connectivity index (χ3n) is 5.07. The molecule has 1 aliphatic heterocycles. The summed E-state index contributed by atoms with van der Waals surface area (Å²) in [4.78, 5) is 11.6. The van der Waals surface area contributed by atoms with Gasteiger partial charge in [0.1, 0.15) is 5.75 Å². The normalized spacial score (nSPS) is 16.2. The predicted octanol–water partition coefficient (Wildman–Crippen LogP) is 3.13. The number of hydrogen-bond acceptors (Lipinski definition) is 3. The lowest BCUT2D eigenvalue weighted by Crippen LogP contribution is -2.53. The lowest BCUT2D eigenvalue weighted by atomic mass is 9.72. The van der Waals surface area contributed by atoms with Crippen molar-refractivity contribution in [1.82, 2.24) is 5.32 Å². The van der Waals surface area contributed by atoms with Gasteiger partial charge in [-0.15, -0.1) is 0 Å². The molecular weight excluding hydrogens is 313 g/mol. The van der Waals surface area contributed by atoms with E-state index < -0.39 is 13.1 Å². The molecule has 0 aromatic heterocycles. The number of fused-ring (bicyclic) bond motifs is 1. The zero-order valence-corrected chi connectivity index (χ0v) is 15.2. The van der Waals surface area contributed by atoms with E-state index in [0.29, 0.717) is 12.8 Å². The Labute approximate surface area is 149 Å². The summed E-state index contributed by atoms with van der Waals surface area (Å²) in [6, 6.07) is 10.4. The van der Waals surface area contributed by atoms with Crippen molar-refractivity contribution in [2.45, 2.75) is 46.5 Å². The van der Waals surface area contributed by atoms with Gasteiger partial charge >= 0.3 is 7.12 Å². The zero-order chi connectivity index (χ0) is 18.1. The fourth-order valence-corrected chi connectivity index (χ4v) is 3.38. The third kappa shape index (κ3) is 3.29. The molecule has 1 atom stereocenters. The Balaban J connectivity index is 1.98. The van der Waals surface area contributed by atoms with E-state index in [-0.39, 0.29) is 5.91 Å². The Bertz CT molecular complexity index is 819. The molecule has 2 aromatic carbocycles. The predicted molar refractivity (Wildman–Crippen MR) is 101 cm³/mol. The molecule has 0 aliphatic carbocycles. The van der Waals surface area contributed by atoms with Gasteiger partial charge in [-0.2, -0.15) is 0 Å². The van der Waals surface area contributed by atoms with Crippen molar-refractivity contribution in [1.29, 1.82) is 0 Å². The largest absolute Gasteiger partial charge is 0.547 e. The van der Waals surface area contributed by atoms with Crippen LogP contribution in [-0.4, -0.2) is 24.0 Å². The number of aryl methyl sites for hydroxylation is 1. The summed E-state index contributed by atoms with van der Waals surface area (Å²) in [6.07, 6.45) is 0.955. The van der Waals surface area contributed by atoms with Gasteiger partial charge in [-0.25, -0.2) is 0 Å². The first-order valence-electron chi connectivity index (χ1n) is 8.75. The first-order chi connectivity index (χ1) is 11.9. The summed E-state index contributed by atoms with van der Waals surface area (Å²) in [7, 11) is -1.03. The van der Waals surface area contributed by atoms with E-state index in [2.05, 4.69) is 43.4 Å². The Morgan fingerprint density at radius 2 is 1.92 bits per heavy atom. The van der Waals surface area contributed by atoms with Crippen molar-refractivity contribution in [3.63, 3.8) is 0 Å². The monoisotopic (exact) mass is 337 g/mol. The van der Waals surface area contributed by atoms with Crippen LogP contribution in [0.4, 0.5) is 0 Å². The maximum atomic E-state index is 11.6. The first-order valence-corrected chi connectivity index (χ1v) is 8.75. The molecule has 25 heavy (non-hydrogen) atoms. The second-order valence-electron chi connectivity index (χ2n) is 6.71. The van der Waals surface area contributed by atoms with E-state index in [1.54, 1.807) is 6.92 Å². The molecule has 0 unspecified atom stereocenters. The van der Waals surface area contributed by atoms with Crippen LogP contribution >= 0.6 is 0 Å². The molecule has 1 heterocycles. The molecule has 0 saturated carbocycles. The lowest BCUT2D eigenvalue weighted by Gasteiger charge is -2.30. The third-order valence-corrected chi connectivity index (χ3v) is 5.07. The molecule has 0 fully saturated rings. The van der Waals surface area contributed by atoms with E-state index in [1.807, 2.05) is 13.0 Å². The molecular formula is C20H24BNO3. The summed E-state index contributed by atoms with van der Waals surface area (Å²) in [5, 5.41) is 13.1. The number of benzene rings is 2. The highest BCUT2D eigenvalue weighted by atomic mass is 16.5. The van der Waals surface area contributed by atoms with Crippen molar-refractivity contribution < 1.29 is 14.5 Å². The standard InChI is InChI=1S/C20H24BNO3/c1-5-19(23)22-18-11-15-9-10-17(14(4)20(15)25-21(18)24)16-8-6-7-12(2)13(16)3/h6-10,18,24H,5,11H2,1-4H3,(H,22,23)/t18-/m0/s1. The van der Waals surface area contributed by atoms with Crippen molar-refractivity contribution in [3.05, 3.63) is 52.6 Å². The van der Waals surface area contributed by atoms with Gasteiger partial charge in [-0.3, -0.25) is 4.79 Å². The Morgan fingerprint density at radius 3 is 2.64 bits per heavy atom. The van der Waals surface area contributed by atoms with Gasteiger partial charge in [-0.05, 0) is 60.6 Å². The summed E-state index contributed by atoms with van der Waals surface area (Å²) in [5.41, 5.74) is 6.82. The lowest BCUT2D eigenvalue weighted by molar-refractivity contribution is -0.121. The molecule has 0 bridgehead atoms. The first kappa shape index (κ1) is 17.6. The minimum atomic E-state index is -1.03. The Hall–Kier alpha value is -2.27. The molecule has 5 heteroatoms. The number of rotatable bonds is 3. The van der Waals surface area contributed by atoms with Crippen LogP contribution in [0, 0.1) is 20.8 Å². The van der Waals surface area contributed by atoms with Gasteiger partial charge in [0.15, 0.2) is 0 Å². The summed E-state index contributed by atoms with van der Waals surface area (Å²) < 4.78 is 5.79. The van der Waals surface area contributed by atoms with Crippen LogP contribution in [0.5, 0.6) is 5.75 Å². The van der Waals surface area contributed by atoms with E-state index in [0.717, 1.165) is 22.4 Å². The fourth-order valence-electron chi connectivity index (χ4n) is 3.38. The SMILES string of the molecule is CCC(=O)N[C@H]1Cc2ccc(-c3cccc(C)c3C)c(C)c2OB1O. The number of nitrogens with one attached hydrogen (secondary N) is 1. The van der Waals surface area contributed by atoms with E-state index in [1.165, 1.54) is 16.7 Å². The second kappa shape index (κ2) is 6.92. The van der Waals surface area contributed by atoms with Crippen molar-refractivity contribution in [3.8, 4) is 16.9 Å². The average Bonchev–Trinajstić information content (AvgIpc) is 2.59.